The summed E-state index contributed by atoms with van der Waals surface area (Å²) < 4.78 is 11.2. The van der Waals surface area contributed by atoms with Gasteiger partial charge in [-0.3, -0.25) is 4.79 Å². The molecule has 0 saturated carbocycles. The van der Waals surface area contributed by atoms with Crippen LogP contribution in [0, 0.1) is 0 Å². The number of hydrogen-bond donors (Lipinski definition) is 2. The van der Waals surface area contributed by atoms with Crippen molar-refractivity contribution in [2.24, 2.45) is 0 Å². The number of para-hydroxylation sites is 1. The molecule has 1 aliphatic rings. The van der Waals surface area contributed by atoms with Crippen LogP contribution < -0.4 is 4.74 Å². The molecule has 3 rings (SSSR count). The van der Waals surface area contributed by atoms with Gasteiger partial charge < -0.3 is 29.2 Å². The monoisotopic (exact) mass is 572 g/mol. The standard InChI is InChI=1S/C16H18N2O2S.C10H18N2.C3H4O2.CH4O/c1-3-7-13(2)16-18-17-15(20-16)12-21-11-10-19-14-8-5-4-6-9-14;1-5-9-7-12(4)8-10(9)6-11(2)3;1-3(5)2-4;1-2/h3-9H,1,10-12H2,2H3;5,8H,6-7H2,1-4H3;2,5H,1H2;2H,1H3/b13-7+;9-5+;;. The zero-order valence-corrected chi connectivity index (χ0v) is 25.4. The summed E-state index contributed by atoms with van der Waals surface area (Å²) in [5.74, 6) is 3.20. The largest absolute Gasteiger partial charge is 0.505 e. The highest BCUT2D eigenvalue weighted by Gasteiger charge is 2.14. The number of likely N-dealkylation sites (N-methyl/N-ethyl adjacent to an activating group) is 2. The highest BCUT2D eigenvalue weighted by Crippen LogP contribution is 2.19. The predicted octanol–water partition coefficient (Wildman–Crippen LogP) is 5.16. The molecule has 2 aromatic rings. The third kappa shape index (κ3) is 16.4. The molecule has 1 aliphatic heterocycles. The molecule has 9 nitrogen and oxygen atoms in total. The van der Waals surface area contributed by atoms with Crippen LogP contribution in [-0.4, -0.2) is 90.2 Å². The molecule has 0 spiro atoms. The van der Waals surface area contributed by atoms with Crippen molar-refractivity contribution in [2.75, 3.05) is 53.7 Å². The van der Waals surface area contributed by atoms with E-state index in [1.165, 1.54) is 11.1 Å². The number of allylic oxidation sites excluding steroid dienone is 5. The van der Waals surface area contributed by atoms with Crippen molar-refractivity contribution in [3.63, 3.8) is 0 Å². The molecule has 0 aliphatic carbocycles. The lowest BCUT2D eigenvalue weighted by atomic mass is 10.1. The maximum absolute atomic E-state index is 9.16. The Balaban J connectivity index is 0.000000674. The second kappa shape index (κ2) is 22.2. The summed E-state index contributed by atoms with van der Waals surface area (Å²) in [6, 6.07) is 9.79. The number of aliphatic hydroxyl groups excluding tert-OH is 2. The van der Waals surface area contributed by atoms with Crippen LogP contribution in [0.5, 0.6) is 5.75 Å². The van der Waals surface area contributed by atoms with Crippen LogP contribution in [0.4, 0.5) is 0 Å². The first-order chi connectivity index (χ1) is 19.2. The van der Waals surface area contributed by atoms with Gasteiger partial charge in [0, 0.05) is 44.8 Å². The molecule has 2 heterocycles. The number of rotatable bonds is 11. The Morgan fingerprint density at radius 2 is 1.90 bits per heavy atom. The van der Waals surface area contributed by atoms with E-state index >= 15 is 0 Å². The Morgan fingerprint density at radius 3 is 2.45 bits per heavy atom. The number of carbonyl (C=O) groups is 1. The lowest BCUT2D eigenvalue weighted by Gasteiger charge is -2.10. The van der Waals surface area contributed by atoms with Crippen LogP contribution >= 0.6 is 11.8 Å². The zero-order chi connectivity index (χ0) is 30.3. The lowest BCUT2D eigenvalue weighted by Crippen LogP contribution is -2.15. The highest BCUT2D eigenvalue weighted by molar-refractivity contribution is 7.98. The summed E-state index contributed by atoms with van der Waals surface area (Å²) in [4.78, 5) is 13.6. The Morgan fingerprint density at radius 1 is 1.25 bits per heavy atom. The number of benzene rings is 1. The van der Waals surface area contributed by atoms with E-state index in [0.29, 0.717) is 24.1 Å². The summed E-state index contributed by atoms with van der Waals surface area (Å²) in [5.41, 5.74) is 3.83. The molecular weight excluding hydrogens is 528 g/mol. The van der Waals surface area contributed by atoms with E-state index < -0.39 is 5.76 Å². The first-order valence-corrected chi connectivity index (χ1v) is 13.7. The van der Waals surface area contributed by atoms with Crippen molar-refractivity contribution in [1.29, 1.82) is 0 Å². The van der Waals surface area contributed by atoms with E-state index in [4.69, 9.17) is 24.2 Å². The summed E-state index contributed by atoms with van der Waals surface area (Å²) in [7, 11) is 7.32. The van der Waals surface area contributed by atoms with Gasteiger partial charge in [0.15, 0.2) is 6.29 Å². The van der Waals surface area contributed by atoms with Crippen LogP contribution in [0.2, 0.25) is 0 Å². The van der Waals surface area contributed by atoms with Gasteiger partial charge in [-0.05, 0) is 51.2 Å². The molecule has 0 fully saturated rings. The Kier molecular flexibility index (Phi) is 20.2. The predicted molar refractivity (Wildman–Crippen MR) is 165 cm³/mol. The number of carbonyl (C=O) groups excluding carboxylic acids is 1. The number of nitrogens with zero attached hydrogens (tertiary/aromatic N) is 4. The molecule has 0 atom stereocenters. The smallest absolute Gasteiger partial charge is 0.243 e. The van der Waals surface area contributed by atoms with Crippen LogP contribution in [0.3, 0.4) is 0 Å². The lowest BCUT2D eigenvalue weighted by molar-refractivity contribution is -0.106. The third-order valence-corrected chi connectivity index (χ3v) is 5.72. The average molecular weight is 573 g/mol. The number of aldehydes is 1. The van der Waals surface area contributed by atoms with E-state index in [1.54, 1.807) is 17.8 Å². The molecule has 0 radical (unpaired) electrons. The first kappa shape index (κ1) is 36.4. The number of aromatic nitrogens is 2. The van der Waals surface area contributed by atoms with Crippen molar-refractivity contribution < 1.29 is 24.2 Å². The molecule has 220 valence electrons. The SMILES string of the molecule is C/C=C1\CN(C)C=C1CN(C)C.C=C(O)C=O.C=C/C=C(\C)c1nnc(CSCCOc2ccccc2)o1.CO. The minimum Gasteiger partial charge on any atom is -0.505 e. The van der Waals surface area contributed by atoms with Crippen LogP contribution in [0.15, 0.2) is 89.2 Å². The molecule has 0 unspecified atom stereocenters. The molecule has 1 aromatic heterocycles. The van der Waals surface area contributed by atoms with Gasteiger partial charge >= 0.3 is 0 Å². The Labute approximate surface area is 243 Å². The molecule has 0 saturated heterocycles. The van der Waals surface area contributed by atoms with E-state index in [9.17, 15) is 0 Å². The summed E-state index contributed by atoms with van der Waals surface area (Å²) in [6.45, 7) is 13.3. The summed E-state index contributed by atoms with van der Waals surface area (Å²) >= 11 is 1.70. The number of aliphatic hydroxyl groups is 2. The van der Waals surface area contributed by atoms with E-state index in [1.807, 2.05) is 43.3 Å². The molecular formula is C30H44N4O5S. The van der Waals surface area contributed by atoms with Gasteiger partial charge in [0.2, 0.25) is 11.8 Å². The first-order valence-electron chi connectivity index (χ1n) is 12.6. The van der Waals surface area contributed by atoms with Crippen molar-refractivity contribution in [1.82, 2.24) is 20.0 Å². The average Bonchev–Trinajstić information content (AvgIpc) is 3.56. The normalized spacial score (nSPS) is 13.2. The van der Waals surface area contributed by atoms with Crippen molar-refractivity contribution in [3.05, 3.63) is 96.6 Å². The van der Waals surface area contributed by atoms with E-state index in [0.717, 1.165) is 37.3 Å². The second-order valence-corrected chi connectivity index (χ2v) is 9.64. The highest BCUT2D eigenvalue weighted by atomic mass is 32.2. The van der Waals surface area contributed by atoms with Crippen LogP contribution in [-0.2, 0) is 10.5 Å². The third-order valence-electron chi connectivity index (χ3n) is 4.82. The van der Waals surface area contributed by atoms with Gasteiger partial charge in [-0.1, -0.05) is 49.6 Å². The van der Waals surface area contributed by atoms with Crippen LogP contribution in [0.1, 0.15) is 25.6 Å². The maximum Gasteiger partial charge on any atom is 0.243 e. The summed E-state index contributed by atoms with van der Waals surface area (Å²) in [5, 5.41) is 22.8. The molecule has 0 bridgehead atoms. The number of hydrogen-bond acceptors (Lipinski definition) is 10. The maximum atomic E-state index is 9.16. The Bertz CT molecular complexity index is 1090. The van der Waals surface area contributed by atoms with Gasteiger partial charge in [-0.15, -0.1) is 22.0 Å². The molecule has 0 amide bonds. The summed E-state index contributed by atoms with van der Waals surface area (Å²) in [6.07, 6.45) is 8.27. The molecule has 2 N–H and O–H groups in total. The van der Waals surface area contributed by atoms with E-state index in [-0.39, 0.29) is 6.29 Å². The molecule has 40 heavy (non-hydrogen) atoms. The van der Waals surface area contributed by atoms with Gasteiger partial charge in [-0.2, -0.15) is 0 Å². The van der Waals surface area contributed by atoms with Crippen molar-refractivity contribution in [2.45, 2.75) is 19.6 Å². The Hall–Kier alpha value is -3.60. The fraction of sp³-hybridized carbons (Fsp3) is 0.367. The molecule has 10 heteroatoms. The van der Waals surface area contributed by atoms with Gasteiger partial charge in [-0.25, -0.2) is 0 Å². The minimum atomic E-state index is -0.426. The quantitative estimate of drug-likeness (QED) is 0.123. The number of thioether (sulfide) groups is 1. The minimum absolute atomic E-state index is 0.278. The fourth-order valence-corrected chi connectivity index (χ4v) is 3.78. The number of ether oxygens (including phenoxy) is 1. The zero-order valence-electron chi connectivity index (χ0n) is 24.5. The fourth-order valence-electron chi connectivity index (χ4n) is 3.14. The van der Waals surface area contributed by atoms with Gasteiger partial charge in [0.05, 0.1) is 12.4 Å². The van der Waals surface area contributed by atoms with Crippen molar-refractivity contribution >= 4 is 23.6 Å². The topological polar surface area (TPSA) is 112 Å². The van der Waals surface area contributed by atoms with Gasteiger partial charge in [0.25, 0.3) is 0 Å². The van der Waals surface area contributed by atoms with Gasteiger partial charge in [0.1, 0.15) is 11.5 Å². The van der Waals surface area contributed by atoms with Crippen LogP contribution in [0.25, 0.3) is 5.57 Å². The second-order valence-electron chi connectivity index (χ2n) is 8.53. The molecule has 1 aromatic carbocycles. The van der Waals surface area contributed by atoms with E-state index in [2.05, 4.69) is 73.5 Å². The van der Waals surface area contributed by atoms with Crippen molar-refractivity contribution in [3.8, 4) is 5.75 Å².